The topological polar surface area (TPSA) is 139 Å². The molecule has 10 nitrogen and oxygen atoms in total. The minimum atomic E-state index is -0.735. The molecule has 44 heavy (non-hydrogen) atoms. The molecule has 6 aromatic carbocycles. The van der Waals surface area contributed by atoms with Crippen molar-refractivity contribution in [1.29, 1.82) is 0 Å². The monoisotopic (exact) mass is 584 g/mol. The van der Waals surface area contributed by atoms with E-state index in [1.807, 2.05) is 48.5 Å². The van der Waals surface area contributed by atoms with Crippen LogP contribution in [0.15, 0.2) is 121 Å². The van der Waals surface area contributed by atoms with Crippen molar-refractivity contribution in [1.82, 2.24) is 0 Å². The highest BCUT2D eigenvalue weighted by atomic mass is 16.6. The maximum atomic E-state index is 13.3. The Labute approximate surface area is 249 Å². The molecule has 0 bridgehead atoms. The predicted molar refractivity (Wildman–Crippen MR) is 163 cm³/mol. The van der Waals surface area contributed by atoms with E-state index in [4.69, 9.17) is 9.47 Å². The Morgan fingerprint density at radius 2 is 0.841 bits per heavy atom. The van der Waals surface area contributed by atoms with Crippen LogP contribution in [0.2, 0.25) is 0 Å². The zero-order chi connectivity index (χ0) is 30.8. The Balaban J connectivity index is 1.50. The zero-order valence-electron chi connectivity index (χ0n) is 22.7. The van der Waals surface area contributed by atoms with Crippen molar-refractivity contribution in [2.45, 2.75) is 0 Å². The molecule has 0 saturated carbocycles. The number of hydrogen-bond donors (Lipinski definition) is 0. The van der Waals surface area contributed by atoms with Gasteiger partial charge in [-0.05, 0) is 57.9 Å². The molecule has 0 fully saturated rings. The molecule has 10 heteroatoms. The number of carbonyl (C=O) groups is 2. The first-order chi connectivity index (χ1) is 21.3. The first-order valence-electron chi connectivity index (χ1n) is 13.3. The van der Waals surface area contributed by atoms with Gasteiger partial charge in [-0.3, -0.25) is 20.2 Å². The summed E-state index contributed by atoms with van der Waals surface area (Å²) in [7, 11) is 0. The van der Waals surface area contributed by atoms with Crippen LogP contribution in [0.5, 0.6) is 11.5 Å². The number of non-ortho nitro benzene ring substituents is 2. The van der Waals surface area contributed by atoms with Crippen molar-refractivity contribution in [3.63, 3.8) is 0 Å². The highest BCUT2D eigenvalue weighted by molar-refractivity contribution is 6.11. The fourth-order valence-electron chi connectivity index (χ4n) is 4.94. The molecule has 0 aliphatic rings. The lowest BCUT2D eigenvalue weighted by atomic mass is 9.92. The Hall–Kier alpha value is -6.42. The second-order valence-electron chi connectivity index (χ2n) is 9.71. The normalized spacial score (nSPS) is 10.8. The molecule has 0 aliphatic heterocycles. The summed E-state index contributed by atoms with van der Waals surface area (Å²) in [6.07, 6.45) is 0. The summed E-state index contributed by atoms with van der Waals surface area (Å²) in [5.41, 5.74) is 0.865. The maximum absolute atomic E-state index is 13.3. The van der Waals surface area contributed by atoms with Crippen molar-refractivity contribution in [3.05, 3.63) is 153 Å². The Kier molecular flexibility index (Phi) is 7.22. The Morgan fingerprint density at radius 3 is 1.20 bits per heavy atom. The number of hydrogen-bond acceptors (Lipinski definition) is 8. The Morgan fingerprint density at radius 1 is 0.477 bits per heavy atom. The average Bonchev–Trinajstić information content (AvgIpc) is 3.05. The highest BCUT2D eigenvalue weighted by Crippen LogP contribution is 2.46. The minimum Gasteiger partial charge on any atom is -0.422 e. The summed E-state index contributed by atoms with van der Waals surface area (Å²) in [6.45, 7) is 0. The lowest BCUT2D eigenvalue weighted by Gasteiger charge is -2.18. The van der Waals surface area contributed by atoms with E-state index in [0.29, 0.717) is 21.9 Å². The number of benzene rings is 6. The summed E-state index contributed by atoms with van der Waals surface area (Å²) in [5, 5.41) is 25.2. The third-order valence-corrected chi connectivity index (χ3v) is 7.06. The maximum Gasteiger partial charge on any atom is 0.343 e. The second kappa shape index (κ2) is 11.5. The molecule has 0 aromatic heterocycles. The van der Waals surface area contributed by atoms with Crippen molar-refractivity contribution >= 4 is 44.9 Å². The molecule has 0 aliphatic carbocycles. The minimum absolute atomic E-state index is 0.109. The number of nitro groups is 2. The number of fused-ring (bicyclic) bond motifs is 2. The van der Waals surface area contributed by atoms with E-state index < -0.39 is 21.8 Å². The third kappa shape index (κ3) is 5.30. The number of carbonyl (C=O) groups excluding carboxylic acids is 2. The fourth-order valence-corrected chi connectivity index (χ4v) is 4.94. The van der Waals surface area contributed by atoms with Gasteiger partial charge in [0.15, 0.2) is 0 Å². The van der Waals surface area contributed by atoms with Gasteiger partial charge in [0.2, 0.25) is 0 Å². The van der Waals surface area contributed by atoms with Gasteiger partial charge in [-0.15, -0.1) is 0 Å². The summed E-state index contributed by atoms with van der Waals surface area (Å²) >= 11 is 0. The molecule has 0 unspecified atom stereocenters. The molecule has 0 amide bonds. The van der Waals surface area contributed by atoms with Gasteiger partial charge in [-0.1, -0.05) is 60.7 Å². The second-order valence-corrected chi connectivity index (χ2v) is 9.71. The van der Waals surface area contributed by atoms with Gasteiger partial charge in [0.25, 0.3) is 11.4 Å². The first-order valence-corrected chi connectivity index (χ1v) is 13.3. The van der Waals surface area contributed by atoms with Crippen LogP contribution in [0.4, 0.5) is 11.4 Å². The molecule has 0 N–H and O–H groups in total. The van der Waals surface area contributed by atoms with Crippen LogP contribution in [0, 0.1) is 20.2 Å². The van der Waals surface area contributed by atoms with Crippen molar-refractivity contribution in [3.8, 4) is 22.6 Å². The first kappa shape index (κ1) is 27.7. The zero-order valence-corrected chi connectivity index (χ0v) is 22.7. The molecule has 0 atom stereocenters. The number of nitro benzene ring substituents is 2. The largest absolute Gasteiger partial charge is 0.422 e. The van der Waals surface area contributed by atoms with Gasteiger partial charge < -0.3 is 9.47 Å². The standard InChI is InChI=1S/C34H20N2O8/c37-33(23-9-15-25(16-10-23)35(39)40)43-29-19-13-21-5-1-3-7-27(21)31(29)32-28-8-4-2-6-22(28)14-20-30(32)44-34(38)24-11-17-26(18-12-24)36(41)42/h1-20H. The van der Waals surface area contributed by atoms with Crippen LogP contribution < -0.4 is 9.47 Å². The van der Waals surface area contributed by atoms with E-state index in [9.17, 15) is 29.8 Å². The Bertz CT molecular complexity index is 1950. The predicted octanol–water partition coefficient (Wildman–Crippen LogP) is 7.91. The fraction of sp³-hybridized carbons (Fsp3) is 0. The molecule has 0 saturated heterocycles. The molecule has 0 spiro atoms. The molecule has 6 rings (SSSR count). The summed E-state index contributed by atoms with van der Waals surface area (Å²) in [5.74, 6) is -1.12. The van der Waals surface area contributed by atoms with Gasteiger partial charge in [0.05, 0.1) is 21.0 Å². The molecular formula is C34H20N2O8. The molecule has 6 aromatic rings. The molecule has 214 valence electrons. The summed E-state index contributed by atoms with van der Waals surface area (Å²) in [4.78, 5) is 47.6. The van der Waals surface area contributed by atoms with Crippen LogP contribution in [0.3, 0.4) is 0 Å². The van der Waals surface area contributed by atoms with Gasteiger partial charge >= 0.3 is 11.9 Å². The number of nitrogens with zero attached hydrogens (tertiary/aromatic N) is 2. The van der Waals surface area contributed by atoms with Crippen molar-refractivity contribution in [2.24, 2.45) is 0 Å². The smallest absolute Gasteiger partial charge is 0.343 e. The highest BCUT2D eigenvalue weighted by Gasteiger charge is 2.23. The lowest BCUT2D eigenvalue weighted by molar-refractivity contribution is -0.385. The van der Waals surface area contributed by atoms with Crippen LogP contribution in [0.1, 0.15) is 20.7 Å². The third-order valence-electron chi connectivity index (χ3n) is 7.06. The SMILES string of the molecule is O=C(Oc1ccc2ccccc2c1-c1c(OC(=O)c2ccc([N+](=O)[O-])cc2)ccc2ccccc12)c1ccc([N+](=O)[O-])cc1. The van der Waals surface area contributed by atoms with Crippen molar-refractivity contribution < 1.29 is 28.9 Å². The van der Waals surface area contributed by atoms with E-state index in [2.05, 4.69) is 0 Å². The summed E-state index contributed by atoms with van der Waals surface area (Å²) in [6, 6.07) is 31.9. The van der Waals surface area contributed by atoms with Gasteiger partial charge in [-0.2, -0.15) is 0 Å². The number of rotatable bonds is 7. The quantitative estimate of drug-likeness (QED) is 0.0798. The van der Waals surface area contributed by atoms with E-state index in [0.717, 1.165) is 10.8 Å². The van der Waals surface area contributed by atoms with E-state index >= 15 is 0 Å². The van der Waals surface area contributed by atoms with Crippen molar-refractivity contribution in [2.75, 3.05) is 0 Å². The molecule has 0 heterocycles. The van der Waals surface area contributed by atoms with Crippen LogP contribution in [-0.4, -0.2) is 21.8 Å². The van der Waals surface area contributed by atoms with Crippen LogP contribution >= 0.6 is 0 Å². The van der Waals surface area contributed by atoms with Gasteiger partial charge in [0, 0.05) is 35.4 Å². The summed E-state index contributed by atoms with van der Waals surface area (Å²) < 4.78 is 11.8. The number of esters is 2. The van der Waals surface area contributed by atoms with Gasteiger partial charge in [0.1, 0.15) is 11.5 Å². The average molecular weight is 585 g/mol. The van der Waals surface area contributed by atoms with E-state index in [1.165, 1.54) is 48.5 Å². The van der Waals surface area contributed by atoms with E-state index in [1.54, 1.807) is 24.3 Å². The van der Waals surface area contributed by atoms with Crippen LogP contribution in [-0.2, 0) is 0 Å². The molecular weight excluding hydrogens is 564 g/mol. The number of ether oxygens (including phenoxy) is 2. The van der Waals surface area contributed by atoms with E-state index in [-0.39, 0.29) is 34.0 Å². The van der Waals surface area contributed by atoms with Crippen LogP contribution in [0.25, 0.3) is 32.7 Å². The molecule has 0 radical (unpaired) electrons. The van der Waals surface area contributed by atoms with Gasteiger partial charge in [-0.25, -0.2) is 9.59 Å². The lowest BCUT2D eigenvalue weighted by Crippen LogP contribution is -2.11.